The third-order valence-corrected chi connectivity index (χ3v) is 6.47. The second-order valence-corrected chi connectivity index (χ2v) is 9.45. The molecule has 1 aromatic carbocycles. The predicted molar refractivity (Wildman–Crippen MR) is 122 cm³/mol. The molecule has 0 saturated carbocycles. The van der Waals surface area contributed by atoms with E-state index in [2.05, 4.69) is 15.3 Å². The Morgan fingerprint density at radius 1 is 1.26 bits per heavy atom. The van der Waals surface area contributed by atoms with Crippen molar-refractivity contribution in [1.29, 1.82) is 0 Å². The van der Waals surface area contributed by atoms with Crippen molar-refractivity contribution in [3.8, 4) is 0 Å². The molecule has 1 amide bonds. The number of hydrogen-bond acceptors (Lipinski definition) is 6. The third-order valence-electron chi connectivity index (χ3n) is 4.82. The van der Waals surface area contributed by atoms with E-state index in [1.807, 2.05) is 13.8 Å². The summed E-state index contributed by atoms with van der Waals surface area (Å²) in [5, 5.41) is 3.77. The van der Waals surface area contributed by atoms with Gasteiger partial charge in [-0.25, -0.2) is 9.78 Å². The number of carbonyl (C=O) groups excluding carboxylic acids is 2. The van der Waals surface area contributed by atoms with E-state index < -0.39 is 17.9 Å². The smallest absolute Gasteiger partial charge is 0.329 e. The second kappa shape index (κ2) is 9.38. The number of nitrogens with one attached hydrogen (secondary N) is 2. The Hall–Kier alpha value is -2.42. The monoisotopic (exact) mass is 481 g/mol. The first kappa shape index (κ1) is 23.2. The minimum atomic E-state index is -0.916. The Bertz CT molecular complexity index is 1220. The van der Waals surface area contributed by atoms with Crippen molar-refractivity contribution >= 4 is 56.6 Å². The molecule has 2 N–H and O–H groups in total. The number of H-pyrrole nitrogens is 1. The molecule has 0 bridgehead atoms. The van der Waals surface area contributed by atoms with Crippen LogP contribution in [0.25, 0.3) is 10.2 Å². The normalized spacial score (nSPS) is 12.2. The number of halogens is 2. The van der Waals surface area contributed by atoms with Crippen molar-refractivity contribution in [2.45, 2.75) is 40.3 Å². The summed E-state index contributed by atoms with van der Waals surface area (Å²) >= 11 is 13.4. The highest BCUT2D eigenvalue weighted by Crippen LogP contribution is 2.26. The van der Waals surface area contributed by atoms with Crippen LogP contribution in [0.4, 0.5) is 0 Å². The lowest BCUT2D eigenvalue weighted by atomic mass is 10.0. The van der Waals surface area contributed by atoms with Gasteiger partial charge in [0.1, 0.15) is 23.3 Å². The lowest BCUT2D eigenvalue weighted by Crippen LogP contribution is -2.45. The number of fused-ring (bicyclic) bond motifs is 1. The number of amides is 1. The van der Waals surface area contributed by atoms with E-state index in [-0.39, 0.29) is 34.5 Å². The van der Waals surface area contributed by atoms with Gasteiger partial charge in [0, 0.05) is 9.90 Å². The van der Waals surface area contributed by atoms with Gasteiger partial charge in [-0.05, 0) is 43.5 Å². The van der Waals surface area contributed by atoms with Crippen LogP contribution in [0.1, 0.15) is 40.5 Å². The van der Waals surface area contributed by atoms with Crippen LogP contribution in [-0.4, -0.2) is 27.9 Å². The molecule has 164 valence electrons. The van der Waals surface area contributed by atoms with E-state index >= 15 is 0 Å². The van der Waals surface area contributed by atoms with Crippen molar-refractivity contribution in [2.75, 3.05) is 0 Å². The van der Waals surface area contributed by atoms with Gasteiger partial charge in [0.2, 0.25) is 0 Å². The molecule has 2 heterocycles. The number of aromatic amines is 1. The van der Waals surface area contributed by atoms with Crippen LogP contribution in [0.15, 0.2) is 23.0 Å². The molecule has 0 unspecified atom stereocenters. The first-order valence-electron chi connectivity index (χ1n) is 9.50. The molecule has 3 aromatic rings. The Morgan fingerprint density at radius 3 is 2.61 bits per heavy atom. The number of aromatic nitrogens is 2. The van der Waals surface area contributed by atoms with Crippen molar-refractivity contribution in [1.82, 2.24) is 15.3 Å². The standard InChI is InChI=1S/C21H21Cl2N3O4S/c1-9(2)17(26-18(27)13-6-5-12(22)7-14(13)23)21(29)30-8-15-24-19(28)16-10(3)11(4)31-20(16)25-15/h5-7,9,17H,8H2,1-4H3,(H,26,27)(H,24,25,28)/t17-/m0/s1. The number of hydrogen-bond donors (Lipinski definition) is 2. The summed E-state index contributed by atoms with van der Waals surface area (Å²) in [7, 11) is 0. The Labute approximate surface area is 192 Å². The van der Waals surface area contributed by atoms with E-state index in [4.69, 9.17) is 27.9 Å². The second-order valence-electron chi connectivity index (χ2n) is 7.40. The van der Waals surface area contributed by atoms with Crippen LogP contribution in [0, 0.1) is 19.8 Å². The topological polar surface area (TPSA) is 101 Å². The number of rotatable bonds is 6. The molecule has 0 saturated heterocycles. The van der Waals surface area contributed by atoms with E-state index in [1.165, 1.54) is 29.5 Å². The van der Waals surface area contributed by atoms with Crippen LogP contribution >= 0.6 is 34.5 Å². The Balaban J connectivity index is 1.73. The number of carbonyl (C=O) groups is 2. The molecule has 7 nitrogen and oxygen atoms in total. The summed E-state index contributed by atoms with van der Waals surface area (Å²) in [4.78, 5) is 46.3. The van der Waals surface area contributed by atoms with Crippen molar-refractivity contribution < 1.29 is 14.3 Å². The van der Waals surface area contributed by atoms with Gasteiger partial charge < -0.3 is 15.0 Å². The number of thiophene rings is 1. The minimum Gasteiger partial charge on any atom is -0.456 e. The zero-order valence-corrected chi connectivity index (χ0v) is 19.7. The molecule has 0 radical (unpaired) electrons. The van der Waals surface area contributed by atoms with Crippen LogP contribution in [0.5, 0.6) is 0 Å². The third kappa shape index (κ3) is 5.08. The summed E-state index contributed by atoms with van der Waals surface area (Å²) < 4.78 is 5.34. The average molecular weight is 482 g/mol. The molecule has 0 spiro atoms. The highest BCUT2D eigenvalue weighted by Gasteiger charge is 2.27. The fraction of sp³-hybridized carbons (Fsp3) is 0.333. The summed E-state index contributed by atoms with van der Waals surface area (Å²) in [5.41, 5.74) is 0.814. The molecule has 0 aliphatic carbocycles. The van der Waals surface area contributed by atoms with Gasteiger partial charge in [-0.1, -0.05) is 37.0 Å². The van der Waals surface area contributed by atoms with E-state index in [9.17, 15) is 14.4 Å². The lowest BCUT2D eigenvalue weighted by Gasteiger charge is -2.21. The van der Waals surface area contributed by atoms with Crippen LogP contribution < -0.4 is 10.9 Å². The fourth-order valence-electron chi connectivity index (χ4n) is 2.99. The molecule has 0 aliphatic rings. The molecular formula is C21H21Cl2N3O4S. The molecule has 0 aliphatic heterocycles. The van der Waals surface area contributed by atoms with Gasteiger partial charge in [-0.15, -0.1) is 11.3 Å². The molecule has 0 fully saturated rings. The SMILES string of the molecule is Cc1sc2nc(COC(=O)[C@@H](NC(=O)c3ccc(Cl)cc3Cl)C(C)C)[nH]c(=O)c2c1C. The molecule has 31 heavy (non-hydrogen) atoms. The van der Waals surface area contributed by atoms with Crippen LogP contribution in [0.2, 0.25) is 10.0 Å². The maximum atomic E-state index is 12.7. The average Bonchev–Trinajstić information content (AvgIpc) is 2.97. The predicted octanol–water partition coefficient (Wildman–Crippen LogP) is 4.41. The van der Waals surface area contributed by atoms with Gasteiger partial charge in [0.05, 0.1) is 16.0 Å². The summed E-state index contributed by atoms with van der Waals surface area (Å²) in [6, 6.07) is 3.56. The number of nitrogens with zero attached hydrogens (tertiary/aromatic N) is 1. The van der Waals surface area contributed by atoms with Gasteiger partial charge in [0.25, 0.3) is 11.5 Å². The number of aryl methyl sites for hydroxylation is 2. The Morgan fingerprint density at radius 2 is 1.97 bits per heavy atom. The number of ether oxygens (including phenoxy) is 1. The number of esters is 1. The molecule has 2 aromatic heterocycles. The Kier molecular flexibility index (Phi) is 7.03. The lowest BCUT2D eigenvalue weighted by molar-refractivity contribution is -0.148. The van der Waals surface area contributed by atoms with Crippen LogP contribution in [-0.2, 0) is 16.1 Å². The first-order chi connectivity index (χ1) is 14.6. The zero-order valence-electron chi connectivity index (χ0n) is 17.3. The van der Waals surface area contributed by atoms with Gasteiger partial charge in [0.15, 0.2) is 0 Å². The summed E-state index contributed by atoms with van der Waals surface area (Å²) in [6.07, 6.45) is 0. The van der Waals surface area contributed by atoms with E-state index in [0.29, 0.717) is 15.2 Å². The first-order valence-corrected chi connectivity index (χ1v) is 11.1. The number of benzene rings is 1. The van der Waals surface area contributed by atoms with Gasteiger partial charge >= 0.3 is 5.97 Å². The van der Waals surface area contributed by atoms with Gasteiger partial charge in [-0.2, -0.15) is 0 Å². The minimum absolute atomic E-state index is 0.178. The van der Waals surface area contributed by atoms with Crippen LogP contribution in [0.3, 0.4) is 0 Å². The van der Waals surface area contributed by atoms with Crippen molar-refractivity contribution in [3.05, 3.63) is 60.4 Å². The summed E-state index contributed by atoms with van der Waals surface area (Å²) in [6.45, 7) is 7.12. The highest BCUT2D eigenvalue weighted by molar-refractivity contribution is 7.18. The van der Waals surface area contributed by atoms with E-state index in [1.54, 1.807) is 13.8 Å². The molecular weight excluding hydrogens is 461 g/mol. The van der Waals surface area contributed by atoms with Crippen molar-refractivity contribution in [2.24, 2.45) is 5.92 Å². The fourth-order valence-corrected chi connectivity index (χ4v) is 4.53. The molecule has 10 heteroatoms. The largest absolute Gasteiger partial charge is 0.456 e. The maximum Gasteiger partial charge on any atom is 0.329 e. The van der Waals surface area contributed by atoms with Gasteiger partial charge in [-0.3, -0.25) is 9.59 Å². The maximum absolute atomic E-state index is 12.7. The quantitative estimate of drug-likeness (QED) is 0.507. The molecule has 1 atom stereocenters. The van der Waals surface area contributed by atoms with Crippen molar-refractivity contribution in [3.63, 3.8) is 0 Å². The van der Waals surface area contributed by atoms with E-state index in [0.717, 1.165) is 10.4 Å². The zero-order chi connectivity index (χ0) is 22.9. The highest BCUT2D eigenvalue weighted by atomic mass is 35.5. The summed E-state index contributed by atoms with van der Waals surface area (Å²) in [5.74, 6) is -1.18. The molecule has 3 rings (SSSR count).